The molecule has 0 unspecified atom stereocenters. The zero-order valence-corrected chi connectivity index (χ0v) is 44.7. The summed E-state index contributed by atoms with van der Waals surface area (Å²) in [5, 5.41) is 19.4. The minimum atomic E-state index is -0.521. The van der Waals surface area contributed by atoms with Crippen LogP contribution in [0.1, 0.15) is 101 Å². The molecule has 1 aliphatic heterocycles. The smallest absolute Gasteiger partial charge is 0.330 e. The first-order chi connectivity index (χ1) is 37.8. The summed E-state index contributed by atoms with van der Waals surface area (Å²) in [7, 11) is 0. The fourth-order valence-electron chi connectivity index (χ4n) is 8.55. The predicted octanol–water partition coefficient (Wildman–Crippen LogP) is 9.75. The number of allylic oxidation sites excluding steroid dienone is 1. The number of hydrogen-bond acceptors (Lipinski definition) is 20. The summed E-state index contributed by atoms with van der Waals surface area (Å²) < 4.78 is 43.8. The van der Waals surface area contributed by atoms with Crippen molar-refractivity contribution in [3.05, 3.63) is 107 Å². The van der Waals surface area contributed by atoms with Gasteiger partial charge in [-0.05, 0) is 137 Å². The molecule has 18 nitrogen and oxygen atoms in total. The lowest BCUT2D eigenvalue weighted by Gasteiger charge is -2.26. The van der Waals surface area contributed by atoms with Crippen molar-refractivity contribution in [3.63, 3.8) is 0 Å². The van der Waals surface area contributed by atoms with E-state index in [1.54, 1.807) is 48.5 Å². The molecule has 0 spiro atoms. The fourth-order valence-corrected chi connectivity index (χ4v) is 11.0. The molecule has 0 radical (unpaired) electrons. The Balaban J connectivity index is 0.922. The van der Waals surface area contributed by atoms with Crippen LogP contribution in [0, 0.1) is 46.3 Å². The SMILES string of the molecule is C=CC(=O)OCCCCOC(=O)CCc1ccc(OC(=O)C2CCC(C(=O)Oc3ccc(OC(=O)C4CCC(C(=O)Oc5ccc(CCC(=O)OCCCCOC(=O)C=C)cc5)CC4)c4c3SC(=C(C#N)C#N)S4)CC2)cc1. The van der Waals surface area contributed by atoms with Crippen molar-refractivity contribution in [1.29, 1.82) is 10.5 Å². The topological polar surface area (TPSA) is 258 Å². The van der Waals surface area contributed by atoms with Crippen LogP contribution >= 0.6 is 23.5 Å². The van der Waals surface area contributed by atoms with Crippen molar-refractivity contribution in [2.75, 3.05) is 26.4 Å². The van der Waals surface area contributed by atoms with Crippen LogP contribution in [0.4, 0.5) is 0 Å². The molecule has 2 saturated carbocycles. The average molecular weight is 1110 g/mol. The lowest BCUT2D eigenvalue weighted by atomic mass is 9.82. The van der Waals surface area contributed by atoms with Gasteiger partial charge >= 0.3 is 47.8 Å². The molecule has 3 aromatic carbocycles. The average Bonchev–Trinajstić information content (AvgIpc) is 4.00. The molecule has 20 heteroatoms. The Bertz CT molecular complexity index is 2610. The summed E-state index contributed by atoms with van der Waals surface area (Å²) >= 11 is 2.13. The molecule has 2 fully saturated rings. The number of carbonyl (C=O) groups excluding carboxylic acids is 8. The molecule has 0 N–H and O–H groups in total. The number of carbonyl (C=O) groups is 8. The van der Waals surface area contributed by atoms with Gasteiger partial charge in [0.15, 0.2) is 0 Å². The molecule has 0 aromatic heterocycles. The Morgan fingerprint density at radius 1 is 0.474 bits per heavy atom. The number of thioether (sulfide) groups is 2. The minimum absolute atomic E-state index is 0.153. The van der Waals surface area contributed by atoms with E-state index in [0.29, 0.717) is 115 Å². The van der Waals surface area contributed by atoms with E-state index in [1.165, 1.54) is 12.1 Å². The van der Waals surface area contributed by atoms with Crippen molar-refractivity contribution < 1.29 is 76.3 Å². The summed E-state index contributed by atoms with van der Waals surface area (Å²) in [4.78, 5) is 101. The van der Waals surface area contributed by atoms with Crippen LogP contribution < -0.4 is 18.9 Å². The first-order valence-corrected chi connectivity index (χ1v) is 27.4. The standard InChI is InChI=1S/C58H60N2O16S2/c1-3-48(61)69-31-5-7-33-71-50(63)29-13-37-9-23-44(24-10-37)73-54(65)39-15-19-41(20-16-39)56(67)75-46-27-28-47(53-52(46)77-58(78-53)43(35-59)36-60)76-57(68)42-21-17-40(18-22-42)55(66)74-45-25-11-38(12-26-45)14-30-51(64)72-34-8-6-32-70-49(62)4-2/h3-4,9-12,23-28,39-42H,1-2,5-8,13-22,29-34H2. The summed E-state index contributed by atoms with van der Waals surface area (Å²) in [5.41, 5.74) is 1.56. The van der Waals surface area contributed by atoms with Crippen LogP contribution in [0.5, 0.6) is 23.0 Å². The second kappa shape index (κ2) is 30.9. The normalized spacial score (nSPS) is 17.3. The predicted molar refractivity (Wildman–Crippen MR) is 282 cm³/mol. The molecule has 0 saturated heterocycles. The molecule has 0 amide bonds. The number of esters is 8. The van der Waals surface area contributed by atoms with Crippen molar-refractivity contribution in [1.82, 2.24) is 0 Å². The maximum atomic E-state index is 13.6. The maximum Gasteiger partial charge on any atom is 0.330 e. The molecule has 78 heavy (non-hydrogen) atoms. The van der Waals surface area contributed by atoms with E-state index in [2.05, 4.69) is 13.2 Å². The van der Waals surface area contributed by atoms with E-state index in [0.717, 1.165) is 46.8 Å². The molecule has 6 rings (SSSR count). The van der Waals surface area contributed by atoms with Crippen LogP contribution in [0.15, 0.2) is 106 Å². The third-order valence-electron chi connectivity index (χ3n) is 13.0. The van der Waals surface area contributed by atoms with Gasteiger partial charge in [-0.2, -0.15) is 10.5 Å². The molecular weight excluding hydrogens is 1040 g/mol. The molecule has 3 aromatic rings. The van der Waals surface area contributed by atoms with E-state index < -0.39 is 59.5 Å². The molecule has 2 aliphatic carbocycles. The summed E-state index contributed by atoms with van der Waals surface area (Å²) in [6.45, 7) is 7.55. The number of hydrogen-bond donors (Lipinski definition) is 0. The van der Waals surface area contributed by atoms with Crippen molar-refractivity contribution >= 4 is 71.3 Å². The first-order valence-electron chi connectivity index (χ1n) is 25.8. The Labute approximate surface area is 460 Å². The van der Waals surface area contributed by atoms with Gasteiger partial charge in [0.1, 0.15) is 40.7 Å². The van der Waals surface area contributed by atoms with E-state index in [4.69, 9.17) is 37.9 Å². The third-order valence-corrected chi connectivity index (χ3v) is 15.6. The van der Waals surface area contributed by atoms with Crippen LogP contribution in [-0.4, -0.2) is 74.2 Å². The van der Waals surface area contributed by atoms with Gasteiger partial charge in [-0.15, -0.1) is 0 Å². The molecular formula is C58H60N2O16S2. The highest BCUT2D eigenvalue weighted by atomic mass is 32.2. The Morgan fingerprint density at radius 2 is 0.795 bits per heavy atom. The highest BCUT2D eigenvalue weighted by molar-refractivity contribution is 8.24. The first kappa shape index (κ1) is 59.6. The molecule has 1 heterocycles. The molecule has 3 aliphatic rings. The van der Waals surface area contributed by atoms with Crippen LogP contribution in [0.3, 0.4) is 0 Å². The number of unbranched alkanes of at least 4 members (excludes halogenated alkanes) is 2. The number of fused-ring (bicyclic) bond motifs is 1. The highest BCUT2D eigenvalue weighted by Gasteiger charge is 2.37. The fraction of sp³-hybridized carbons (Fsp3) is 0.414. The quantitative estimate of drug-likeness (QED) is 0.0181. The minimum Gasteiger partial charge on any atom is -0.466 e. The lowest BCUT2D eigenvalue weighted by molar-refractivity contribution is -0.145. The zero-order valence-electron chi connectivity index (χ0n) is 43.0. The highest BCUT2D eigenvalue weighted by Crippen LogP contribution is 2.59. The second-order valence-electron chi connectivity index (χ2n) is 18.5. The number of nitrogens with zero attached hydrogens (tertiary/aromatic N) is 2. The molecule has 0 bridgehead atoms. The molecule has 0 atom stereocenters. The molecule has 410 valence electrons. The van der Waals surface area contributed by atoms with Crippen LogP contribution in [0.25, 0.3) is 0 Å². The van der Waals surface area contributed by atoms with Crippen molar-refractivity contribution in [2.24, 2.45) is 23.7 Å². The van der Waals surface area contributed by atoms with Gasteiger partial charge in [0.2, 0.25) is 0 Å². The largest absolute Gasteiger partial charge is 0.466 e. The number of aryl methyl sites for hydroxylation is 2. The van der Waals surface area contributed by atoms with Gasteiger partial charge in [0.05, 0.1) is 64.1 Å². The lowest BCUT2D eigenvalue weighted by Crippen LogP contribution is -2.30. The Hall–Kier alpha value is -7.68. The number of rotatable bonds is 26. The summed E-state index contributed by atoms with van der Waals surface area (Å²) in [5.74, 6) is -4.43. The van der Waals surface area contributed by atoms with Gasteiger partial charge in [-0.1, -0.05) is 60.9 Å². The van der Waals surface area contributed by atoms with E-state index in [-0.39, 0.29) is 68.3 Å². The summed E-state index contributed by atoms with van der Waals surface area (Å²) in [6.07, 6.45) is 8.62. The summed E-state index contributed by atoms with van der Waals surface area (Å²) in [6, 6.07) is 20.5. The Morgan fingerprint density at radius 3 is 1.12 bits per heavy atom. The van der Waals surface area contributed by atoms with Gasteiger partial charge in [0.25, 0.3) is 0 Å². The van der Waals surface area contributed by atoms with E-state index >= 15 is 0 Å². The van der Waals surface area contributed by atoms with Crippen molar-refractivity contribution in [3.8, 4) is 35.1 Å². The maximum absolute atomic E-state index is 13.6. The van der Waals surface area contributed by atoms with Gasteiger partial charge in [0, 0.05) is 25.0 Å². The number of benzene rings is 3. The third kappa shape index (κ3) is 18.5. The van der Waals surface area contributed by atoms with Crippen LogP contribution in [0.2, 0.25) is 0 Å². The van der Waals surface area contributed by atoms with Gasteiger partial charge in [-0.3, -0.25) is 28.8 Å². The van der Waals surface area contributed by atoms with Crippen LogP contribution in [-0.2, 0) is 70.1 Å². The number of ether oxygens (including phenoxy) is 8. The van der Waals surface area contributed by atoms with E-state index in [1.807, 2.05) is 12.1 Å². The van der Waals surface area contributed by atoms with Crippen molar-refractivity contribution in [2.45, 2.75) is 113 Å². The van der Waals surface area contributed by atoms with E-state index in [9.17, 15) is 48.9 Å². The number of nitriles is 2. The monoisotopic (exact) mass is 1100 g/mol. The van der Waals surface area contributed by atoms with Gasteiger partial charge < -0.3 is 37.9 Å². The van der Waals surface area contributed by atoms with Gasteiger partial charge in [-0.25, -0.2) is 9.59 Å². The second-order valence-corrected chi connectivity index (χ2v) is 20.8. The Kier molecular flexibility index (Phi) is 23.6. The zero-order chi connectivity index (χ0) is 55.8.